The third-order valence-corrected chi connectivity index (χ3v) is 7.15. The van der Waals surface area contributed by atoms with E-state index in [1.165, 1.54) is 12.1 Å². The summed E-state index contributed by atoms with van der Waals surface area (Å²) in [5.41, 5.74) is 2.34. The van der Waals surface area contributed by atoms with Gasteiger partial charge in [-0.2, -0.15) is 13.2 Å². The largest absolute Gasteiger partial charge is 0.416 e. The van der Waals surface area contributed by atoms with E-state index in [4.69, 9.17) is 0 Å². The van der Waals surface area contributed by atoms with Gasteiger partial charge in [0.25, 0.3) is 5.91 Å². The van der Waals surface area contributed by atoms with Crippen LogP contribution in [0, 0.1) is 5.92 Å². The van der Waals surface area contributed by atoms with Gasteiger partial charge in [-0.1, -0.05) is 60.1 Å². The molecule has 0 radical (unpaired) electrons. The summed E-state index contributed by atoms with van der Waals surface area (Å²) in [6.07, 6.45) is -1.98. The third kappa shape index (κ3) is 7.53. The smallest absolute Gasteiger partial charge is 0.361 e. The molecule has 0 saturated carbocycles. The van der Waals surface area contributed by atoms with Crippen molar-refractivity contribution < 1.29 is 22.8 Å². The predicted molar refractivity (Wildman–Crippen MR) is 154 cm³/mol. The lowest BCUT2D eigenvalue weighted by molar-refractivity contribution is -0.137. The number of hydrogen-bond acceptors (Lipinski definition) is 2. The van der Waals surface area contributed by atoms with Gasteiger partial charge >= 0.3 is 6.18 Å². The predicted octanol–water partition coefficient (Wildman–Crippen LogP) is 7.32. The Balaban J connectivity index is 1.57. The van der Waals surface area contributed by atoms with Gasteiger partial charge in [-0.05, 0) is 65.9 Å². The van der Waals surface area contributed by atoms with Crippen LogP contribution in [0.5, 0.6) is 0 Å². The molecule has 40 heavy (non-hydrogen) atoms. The zero-order valence-corrected chi connectivity index (χ0v) is 23.9. The Morgan fingerprint density at radius 2 is 1.60 bits per heavy atom. The van der Waals surface area contributed by atoms with Gasteiger partial charge in [-0.25, -0.2) is 0 Å². The van der Waals surface area contributed by atoms with Crippen LogP contribution in [0.2, 0.25) is 0 Å². The summed E-state index contributed by atoms with van der Waals surface area (Å²) >= 11 is 3.38. The standard InChI is InChI=1S/C31H31BrF3N3O2/c1-21(2)18-38(30(40)23-9-13-26(32)14-10-23)20-29(39)37(19-22-7-11-25(12-8-22)31(33,34)35)16-15-24-17-36-28-6-4-3-5-27(24)28/h3-14,17,21,36H,15-16,18-20H2,1-2H3. The average Bonchev–Trinajstić information content (AvgIpc) is 3.33. The van der Waals surface area contributed by atoms with Crippen LogP contribution in [-0.2, 0) is 23.9 Å². The molecule has 4 aromatic rings. The van der Waals surface area contributed by atoms with Crippen LogP contribution >= 0.6 is 15.9 Å². The first kappa shape index (κ1) is 29.4. The van der Waals surface area contributed by atoms with Gasteiger partial charge in [0.05, 0.1) is 5.56 Å². The number of halogens is 4. The zero-order valence-electron chi connectivity index (χ0n) is 22.3. The first-order valence-corrected chi connectivity index (χ1v) is 13.8. The monoisotopic (exact) mass is 613 g/mol. The number of hydrogen-bond donors (Lipinski definition) is 1. The van der Waals surface area contributed by atoms with Gasteiger partial charge in [0, 0.05) is 46.8 Å². The third-order valence-electron chi connectivity index (χ3n) is 6.62. The highest BCUT2D eigenvalue weighted by Crippen LogP contribution is 2.29. The molecule has 0 aliphatic heterocycles. The van der Waals surface area contributed by atoms with Crippen LogP contribution in [0.1, 0.15) is 40.9 Å². The van der Waals surface area contributed by atoms with Crippen LogP contribution in [0.25, 0.3) is 10.9 Å². The highest BCUT2D eigenvalue weighted by atomic mass is 79.9. The van der Waals surface area contributed by atoms with Crippen molar-refractivity contribution in [3.05, 3.63) is 106 Å². The summed E-state index contributed by atoms with van der Waals surface area (Å²) in [4.78, 5) is 33.5. The van der Waals surface area contributed by atoms with Crippen LogP contribution in [0.3, 0.4) is 0 Å². The molecule has 0 bridgehead atoms. The van der Waals surface area contributed by atoms with Crippen molar-refractivity contribution in [3.63, 3.8) is 0 Å². The van der Waals surface area contributed by atoms with Gasteiger partial charge < -0.3 is 14.8 Å². The van der Waals surface area contributed by atoms with Crippen LogP contribution < -0.4 is 0 Å². The molecule has 0 saturated heterocycles. The summed E-state index contributed by atoms with van der Waals surface area (Å²) in [6.45, 7) is 4.66. The van der Waals surface area contributed by atoms with Crippen molar-refractivity contribution in [2.45, 2.75) is 33.0 Å². The number of para-hydroxylation sites is 1. The fourth-order valence-corrected chi connectivity index (χ4v) is 4.87. The normalized spacial score (nSPS) is 11.7. The lowest BCUT2D eigenvalue weighted by atomic mass is 10.1. The summed E-state index contributed by atoms with van der Waals surface area (Å²) in [6, 6.07) is 19.7. The number of nitrogens with one attached hydrogen (secondary N) is 1. The molecular formula is C31H31BrF3N3O2. The quantitative estimate of drug-likeness (QED) is 0.204. The Labute approximate surface area is 240 Å². The second-order valence-electron chi connectivity index (χ2n) is 10.2. The molecule has 5 nitrogen and oxygen atoms in total. The first-order valence-electron chi connectivity index (χ1n) is 13.0. The Morgan fingerprint density at radius 3 is 2.25 bits per heavy atom. The lowest BCUT2D eigenvalue weighted by Crippen LogP contribution is -2.44. The van der Waals surface area contributed by atoms with E-state index in [1.54, 1.807) is 34.1 Å². The highest BCUT2D eigenvalue weighted by Gasteiger charge is 2.30. The number of nitrogens with zero attached hydrogens (tertiary/aromatic N) is 2. The summed E-state index contributed by atoms with van der Waals surface area (Å²) < 4.78 is 40.1. The Hall–Kier alpha value is -3.59. The van der Waals surface area contributed by atoms with Crippen LogP contribution in [-0.4, -0.2) is 46.2 Å². The zero-order chi connectivity index (χ0) is 28.9. The number of benzene rings is 3. The van der Waals surface area contributed by atoms with E-state index in [0.717, 1.165) is 33.1 Å². The maximum absolute atomic E-state index is 13.7. The maximum Gasteiger partial charge on any atom is 0.416 e. The maximum atomic E-state index is 13.7. The molecule has 0 unspecified atom stereocenters. The van der Waals surface area contributed by atoms with Crippen LogP contribution in [0.4, 0.5) is 13.2 Å². The summed E-state index contributed by atoms with van der Waals surface area (Å²) in [5.74, 6) is -0.395. The van der Waals surface area contributed by atoms with Crippen molar-refractivity contribution in [1.82, 2.24) is 14.8 Å². The molecule has 210 valence electrons. The number of H-pyrrole nitrogens is 1. The van der Waals surface area contributed by atoms with E-state index in [0.29, 0.717) is 30.6 Å². The van der Waals surface area contributed by atoms with Crippen molar-refractivity contribution in [2.75, 3.05) is 19.6 Å². The van der Waals surface area contributed by atoms with E-state index in [9.17, 15) is 22.8 Å². The number of aromatic nitrogens is 1. The molecule has 0 fully saturated rings. The van der Waals surface area contributed by atoms with Crippen molar-refractivity contribution in [2.24, 2.45) is 5.92 Å². The first-order chi connectivity index (χ1) is 19.0. The minimum absolute atomic E-state index is 0.126. The van der Waals surface area contributed by atoms with Gasteiger partial charge in [-0.3, -0.25) is 9.59 Å². The number of rotatable bonds is 10. The van der Waals surface area contributed by atoms with E-state index in [-0.39, 0.29) is 30.8 Å². The molecule has 1 aromatic heterocycles. The fourth-order valence-electron chi connectivity index (χ4n) is 4.60. The van der Waals surface area contributed by atoms with Gasteiger partial charge in [0.15, 0.2) is 0 Å². The number of carbonyl (C=O) groups is 2. The molecule has 4 rings (SSSR count). The number of alkyl halides is 3. The molecule has 0 aliphatic rings. The van der Waals surface area contributed by atoms with Crippen molar-refractivity contribution in [3.8, 4) is 0 Å². The van der Waals surface area contributed by atoms with Gasteiger partial charge in [0.1, 0.15) is 6.54 Å². The van der Waals surface area contributed by atoms with Gasteiger partial charge in [0.2, 0.25) is 5.91 Å². The number of carbonyl (C=O) groups excluding carboxylic acids is 2. The van der Waals surface area contributed by atoms with E-state index in [1.807, 2.05) is 44.3 Å². The summed E-state index contributed by atoms with van der Waals surface area (Å²) in [5, 5.41) is 1.05. The van der Waals surface area contributed by atoms with E-state index in [2.05, 4.69) is 20.9 Å². The topological polar surface area (TPSA) is 56.4 Å². The molecule has 1 heterocycles. The Morgan fingerprint density at radius 1 is 0.925 bits per heavy atom. The second-order valence-corrected chi connectivity index (χ2v) is 11.1. The van der Waals surface area contributed by atoms with Crippen molar-refractivity contribution >= 4 is 38.6 Å². The SMILES string of the molecule is CC(C)CN(CC(=O)N(CCc1c[nH]c2ccccc12)Cc1ccc(C(F)(F)F)cc1)C(=O)c1ccc(Br)cc1. The minimum Gasteiger partial charge on any atom is -0.361 e. The molecule has 1 N–H and O–H groups in total. The average molecular weight is 615 g/mol. The minimum atomic E-state index is -4.44. The number of aromatic amines is 1. The highest BCUT2D eigenvalue weighted by molar-refractivity contribution is 9.10. The molecular weight excluding hydrogens is 583 g/mol. The van der Waals surface area contributed by atoms with Crippen LogP contribution in [0.15, 0.2) is 83.5 Å². The fraction of sp³-hybridized carbons (Fsp3) is 0.290. The molecule has 0 aliphatic carbocycles. The molecule has 0 atom stereocenters. The molecule has 3 aromatic carbocycles. The van der Waals surface area contributed by atoms with E-state index < -0.39 is 11.7 Å². The van der Waals surface area contributed by atoms with E-state index >= 15 is 0 Å². The molecule has 0 spiro atoms. The molecule has 9 heteroatoms. The lowest BCUT2D eigenvalue weighted by Gasteiger charge is -2.29. The van der Waals surface area contributed by atoms with Gasteiger partial charge in [-0.15, -0.1) is 0 Å². The number of fused-ring (bicyclic) bond motifs is 1. The Kier molecular flexibility index (Phi) is 9.35. The van der Waals surface area contributed by atoms with Crippen molar-refractivity contribution in [1.29, 1.82) is 0 Å². The summed E-state index contributed by atoms with van der Waals surface area (Å²) in [7, 11) is 0. The number of amides is 2. The Bertz CT molecular complexity index is 1450. The second kappa shape index (κ2) is 12.7. The molecule has 2 amide bonds.